The molecule has 0 unspecified atom stereocenters. The fourth-order valence-electron chi connectivity index (χ4n) is 3.50. The molecule has 0 heterocycles. The van der Waals surface area contributed by atoms with Gasteiger partial charge in [-0.3, -0.25) is 15.0 Å². The number of hydrogen-bond acceptors (Lipinski definition) is 5. The van der Waals surface area contributed by atoms with Gasteiger partial charge in [-0.05, 0) is 61.4 Å². The van der Waals surface area contributed by atoms with Gasteiger partial charge in [0.05, 0.1) is 23.6 Å². The molecule has 0 spiro atoms. The molecule has 2 N–H and O–H groups in total. The van der Waals surface area contributed by atoms with Crippen molar-refractivity contribution in [3.05, 3.63) is 94.0 Å². The summed E-state index contributed by atoms with van der Waals surface area (Å²) < 4.78 is 5.57. The topological polar surface area (TPSA) is 79.8 Å². The number of ketones is 1. The average molecular weight is 460 g/mol. The summed E-state index contributed by atoms with van der Waals surface area (Å²) >= 11 is 6.03. The number of carbonyl (C=O) groups is 2. The number of halogens is 1. The summed E-state index contributed by atoms with van der Waals surface area (Å²) in [6.45, 7) is 4.20. The van der Waals surface area contributed by atoms with E-state index >= 15 is 0 Å². The second kappa shape index (κ2) is 9.71. The van der Waals surface area contributed by atoms with E-state index in [1.165, 1.54) is 0 Å². The number of fused-ring (bicyclic) bond motifs is 1. The molecular formula is C26H22ClN3O3. The first kappa shape index (κ1) is 22.3. The molecule has 6 nitrogen and oxygen atoms in total. The molecule has 0 atom stereocenters. The number of nitrogens with zero attached hydrogens (tertiary/aromatic N) is 1. The first-order valence-corrected chi connectivity index (χ1v) is 10.8. The normalized spacial score (nSPS) is 13.8. The van der Waals surface area contributed by atoms with E-state index in [9.17, 15) is 9.59 Å². The number of hydrazone groups is 1. The first-order chi connectivity index (χ1) is 16.0. The largest absolute Gasteiger partial charge is 0.492 e. The number of aryl methyl sites for hydroxylation is 1. The standard InChI is InChI=1S/C26H22ClN3O3/c1-3-33-23-11-7-6-10-22(23)28-26(32)20-15-17-8-4-5-9-19(17)24(25(20)31)30-29-21-13-12-18(27)14-16(21)2/h4-15,29H,3H2,1-2H3,(H,28,32)/b30-24-. The number of nitrogens with one attached hydrogen (secondary N) is 2. The quantitative estimate of drug-likeness (QED) is 0.378. The Kier molecular flexibility index (Phi) is 6.56. The molecule has 7 heteroatoms. The lowest BCUT2D eigenvalue weighted by molar-refractivity contribution is -0.116. The highest BCUT2D eigenvalue weighted by Gasteiger charge is 2.30. The van der Waals surface area contributed by atoms with E-state index in [1.807, 2.05) is 38.1 Å². The van der Waals surface area contributed by atoms with E-state index in [-0.39, 0.29) is 11.3 Å². The van der Waals surface area contributed by atoms with Gasteiger partial charge >= 0.3 is 0 Å². The van der Waals surface area contributed by atoms with Crippen LogP contribution in [0.3, 0.4) is 0 Å². The summed E-state index contributed by atoms with van der Waals surface area (Å²) in [6, 6.07) is 19.7. The minimum atomic E-state index is -0.531. The third kappa shape index (κ3) is 4.81. The van der Waals surface area contributed by atoms with Crippen molar-refractivity contribution >= 4 is 46.5 Å². The van der Waals surface area contributed by atoms with Crippen molar-refractivity contribution in [2.45, 2.75) is 13.8 Å². The van der Waals surface area contributed by atoms with Crippen LogP contribution in [0.5, 0.6) is 5.75 Å². The number of hydrogen-bond donors (Lipinski definition) is 2. The van der Waals surface area contributed by atoms with Gasteiger partial charge in [0.1, 0.15) is 11.5 Å². The fraction of sp³-hybridized carbons (Fsp3) is 0.115. The summed E-state index contributed by atoms with van der Waals surface area (Å²) in [5.41, 5.74) is 6.56. The van der Waals surface area contributed by atoms with Crippen molar-refractivity contribution < 1.29 is 14.3 Å². The molecule has 0 fully saturated rings. The molecule has 0 saturated carbocycles. The number of rotatable bonds is 6. The van der Waals surface area contributed by atoms with Gasteiger partial charge in [-0.25, -0.2) is 0 Å². The highest BCUT2D eigenvalue weighted by Crippen LogP contribution is 2.27. The minimum Gasteiger partial charge on any atom is -0.492 e. The summed E-state index contributed by atoms with van der Waals surface area (Å²) in [5, 5.41) is 7.78. The predicted octanol–water partition coefficient (Wildman–Crippen LogP) is 5.47. The zero-order valence-electron chi connectivity index (χ0n) is 18.2. The molecule has 4 rings (SSSR count). The molecular weight excluding hydrogens is 438 g/mol. The van der Waals surface area contributed by atoms with Crippen LogP contribution >= 0.6 is 11.6 Å². The second-order valence-electron chi connectivity index (χ2n) is 7.39. The Labute approximate surface area is 196 Å². The van der Waals surface area contributed by atoms with Gasteiger partial charge < -0.3 is 10.1 Å². The number of carbonyl (C=O) groups excluding carboxylic acids is 2. The number of amides is 1. The molecule has 0 aromatic heterocycles. The lowest BCUT2D eigenvalue weighted by atomic mass is 9.89. The van der Waals surface area contributed by atoms with Crippen LogP contribution in [0.4, 0.5) is 11.4 Å². The Bertz CT molecular complexity index is 1300. The van der Waals surface area contributed by atoms with Crippen molar-refractivity contribution in [2.75, 3.05) is 17.3 Å². The summed E-state index contributed by atoms with van der Waals surface area (Å²) in [6.07, 6.45) is 1.59. The van der Waals surface area contributed by atoms with Crippen molar-refractivity contribution in [3.63, 3.8) is 0 Å². The van der Waals surface area contributed by atoms with Crippen molar-refractivity contribution in [1.82, 2.24) is 0 Å². The van der Waals surface area contributed by atoms with E-state index in [0.717, 1.165) is 11.1 Å². The van der Waals surface area contributed by atoms with Gasteiger partial charge in [0.25, 0.3) is 5.91 Å². The van der Waals surface area contributed by atoms with Gasteiger partial charge in [-0.15, -0.1) is 0 Å². The molecule has 166 valence electrons. The molecule has 3 aromatic rings. The van der Waals surface area contributed by atoms with Crippen LogP contribution in [0.25, 0.3) is 6.08 Å². The smallest absolute Gasteiger partial charge is 0.259 e. The van der Waals surface area contributed by atoms with Crippen LogP contribution in [0, 0.1) is 6.92 Å². The van der Waals surface area contributed by atoms with Gasteiger partial charge in [-0.1, -0.05) is 48.0 Å². The summed E-state index contributed by atoms with van der Waals surface area (Å²) in [5.74, 6) is -0.470. The van der Waals surface area contributed by atoms with Crippen molar-refractivity contribution in [2.24, 2.45) is 5.10 Å². The van der Waals surface area contributed by atoms with Crippen LogP contribution in [0.15, 0.2) is 77.4 Å². The van der Waals surface area contributed by atoms with Gasteiger partial charge in [0.2, 0.25) is 5.78 Å². The molecule has 3 aromatic carbocycles. The summed E-state index contributed by atoms with van der Waals surface area (Å²) in [4.78, 5) is 26.4. The van der Waals surface area contributed by atoms with Crippen LogP contribution in [0.2, 0.25) is 5.02 Å². The van der Waals surface area contributed by atoms with Crippen LogP contribution in [0.1, 0.15) is 23.6 Å². The van der Waals surface area contributed by atoms with Crippen LogP contribution in [-0.4, -0.2) is 24.0 Å². The Morgan fingerprint density at radius 3 is 2.58 bits per heavy atom. The lowest BCUT2D eigenvalue weighted by Crippen LogP contribution is -2.30. The van der Waals surface area contributed by atoms with E-state index < -0.39 is 11.7 Å². The van der Waals surface area contributed by atoms with Crippen molar-refractivity contribution in [3.8, 4) is 5.75 Å². The zero-order valence-corrected chi connectivity index (χ0v) is 18.9. The maximum absolute atomic E-state index is 13.3. The monoisotopic (exact) mass is 459 g/mol. The number of ether oxygens (including phenoxy) is 1. The van der Waals surface area contributed by atoms with Crippen LogP contribution < -0.4 is 15.5 Å². The Morgan fingerprint density at radius 1 is 1.03 bits per heavy atom. The highest BCUT2D eigenvalue weighted by molar-refractivity contribution is 6.59. The molecule has 1 aliphatic rings. The van der Waals surface area contributed by atoms with Gasteiger partial charge in [0.15, 0.2) is 0 Å². The number of Topliss-reactive ketones (excluding diaryl/α,β-unsaturated/α-hetero) is 1. The molecule has 33 heavy (non-hydrogen) atoms. The maximum Gasteiger partial charge on any atom is 0.259 e. The Morgan fingerprint density at radius 2 is 1.79 bits per heavy atom. The molecule has 1 aliphatic carbocycles. The SMILES string of the molecule is CCOc1ccccc1NC(=O)C1=Cc2ccccc2/C(=N/Nc2ccc(Cl)cc2C)C1=O. The third-order valence-electron chi connectivity index (χ3n) is 5.13. The summed E-state index contributed by atoms with van der Waals surface area (Å²) in [7, 11) is 0. The Hall–Kier alpha value is -3.90. The molecule has 0 radical (unpaired) electrons. The number of anilines is 2. The van der Waals surface area contributed by atoms with Crippen molar-refractivity contribution in [1.29, 1.82) is 0 Å². The average Bonchev–Trinajstić information content (AvgIpc) is 2.80. The first-order valence-electron chi connectivity index (χ1n) is 10.5. The molecule has 0 aliphatic heterocycles. The number of benzene rings is 3. The maximum atomic E-state index is 13.3. The van der Waals surface area contributed by atoms with E-state index in [0.29, 0.717) is 34.3 Å². The van der Waals surface area contributed by atoms with E-state index in [1.54, 1.807) is 48.5 Å². The second-order valence-corrected chi connectivity index (χ2v) is 7.83. The third-order valence-corrected chi connectivity index (χ3v) is 5.37. The lowest BCUT2D eigenvalue weighted by Gasteiger charge is -2.18. The molecule has 0 bridgehead atoms. The zero-order chi connectivity index (χ0) is 23.4. The van der Waals surface area contributed by atoms with Gasteiger partial charge in [-0.2, -0.15) is 5.10 Å². The predicted molar refractivity (Wildman–Crippen MR) is 132 cm³/mol. The Balaban J connectivity index is 1.67. The highest BCUT2D eigenvalue weighted by atomic mass is 35.5. The number of para-hydroxylation sites is 2. The minimum absolute atomic E-state index is 0.00613. The fourth-order valence-corrected chi connectivity index (χ4v) is 3.73. The van der Waals surface area contributed by atoms with Gasteiger partial charge in [0, 0.05) is 10.6 Å². The van der Waals surface area contributed by atoms with E-state index in [4.69, 9.17) is 16.3 Å². The molecule has 0 saturated heterocycles. The van der Waals surface area contributed by atoms with Crippen LogP contribution in [-0.2, 0) is 9.59 Å². The molecule has 1 amide bonds. The van der Waals surface area contributed by atoms with E-state index in [2.05, 4.69) is 15.8 Å².